The molecule has 1 saturated carbocycles. The SMILES string of the molecule is CC1(C)COC(c2nc(-c3ccc(F)cc3)c(-c3ccnc(NC4CCCCC4)n3)[nH]2)OC1. The molecule has 0 spiro atoms. The van der Waals surface area contributed by atoms with Crippen LogP contribution in [0.3, 0.4) is 0 Å². The third kappa shape index (κ3) is 5.07. The number of anilines is 1. The van der Waals surface area contributed by atoms with Crippen molar-refractivity contribution in [2.45, 2.75) is 58.3 Å². The topological polar surface area (TPSA) is 85.0 Å². The molecular weight excluding hydrogens is 421 g/mol. The van der Waals surface area contributed by atoms with E-state index in [9.17, 15) is 4.39 Å². The molecule has 174 valence electrons. The Morgan fingerprint density at radius 1 is 1.00 bits per heavy atom. The number of imidazole rings is 1. The maximum absolute atomic E-state index is 13.6. The van der Waals surface area contributed by atoms with Crippen molar-refractivity contribution in [3.8, 4) is 22.6 Å². The number of nitrogens with one attached hydrogen (secondary N) is 2. The molecule has 8 heteroatoms. The highest BCUT2D eigenvalue weighted by Gasteiger charge is 2.32. The standard InChI is InChI=1S/C25H30FN5O2/c1-25(2)14-32-23(33-15-25)22-30-20(16-8-10-17(26)11-9-16)21(31-22)19-12-13-27-24(29-19)28-18-6-4-3-5-7-18/h8-13,18,23H,3-7,14-15H2,1-2H3,(H,30,31)(H,27,28,29). The van der Waals surface area contributed by atoms with Crippen LogP contribution in [0.5, 0.6) is 0 Å². The number of nitrogens with zero attached hydrogens (tertiary/aromatic N) is 3. The van der Waals surface area contributed by atoms with Crippen molar-refractivity contribution in [3.05, 3.63) is 48.2 Å². The zero-order valence-corrected chi connectivity index (χ0v) is 19.1. The maximum Gasteiger partial charge on any atom is 0.223 e. The number of halogens is 1. The number of hydrogen-bond donors (Lipinski definition) is 2. The molecule has 1 aliphatic heterocycles. The lowest BCUT2D eigenvalue weighted by molar-refractivity contribution is -0.229. The summed E-state index contributed by atoms with van der Waals surface area (Å²) in [5, 5.41) is 3.48. The first kappa shape index (κ1) is 22.0. The van der Waals surface area contributed by atoms with Crippen LogP contribution in [-0.4, -0.2) is 39.2 Å². The van der Waals surface area contributed by atoms with Crippen LogP contribution in [0.1, 0.15) is 58.1 Å². The highest BCUT2D eigenvalue weighted by Crippen LogP contribution is 2.35. The minimum absolute atomic E-state index is 0.0436. The van der Waals surface area contributed by atoms with Gasteiger partial charge in [-0.1, -0.05) is 33.1 Å². The van der Waals surface area contributed by atoms with Crippen LogP contribution >= 0.6 is 0 Å². The smallest absolute Gasteiger partial charge is 0.223 e. The second-order valence-electron chi connectivity index (χ2n) is 9.72. The third-order valence-corrected chi connectivity index (χ3v) is 6.16. The second kappa shape index (κ2) is 9.19. The van der Waals surface area contributed by atoms with Crippen molar-refractivity contribution < 1.29 is 13.9 Å². The van der Waals surface area contributed by atoms with Crippen LogP contribution in [0.4, 0.5) is 10.3 Å². The van der Waals surface area contributed by atoms with Gasteiger partial charge in [0.1, 0.15) is 5.82 Å². The molecule has 0 amide bonds. The summed E-state index contributed by atoms with van der Waals surface area (Å²) in [4.78, 5) is 17.4. The van der Waals surface area contributed by atoms with Crippen molar-refractivity contribution in [2.75, 3.05) is 18.5 Å². The van der Waals surface area contributed by atoms with Gasteiger partial charge in [0, 0.05) is 23.2 Å². The van der Waals surface area contributed by atoms with Gasteiger partial charge in [0.05, 0.1) is 30.3 Å². The number of hydrogen-bond acceptors (Lipinski definition) is 6. The lowest BCUT2D eigenvalue weighted by Crippen LogP contribution is -2.34. The summed E-state index contributed by atoms with van der Waals surface area (Å²) in [6.45, 7) is 5.34. The number of aromatic nitrogens is 4. The van der Waals surface area contributed by atoms with Gasteiger partial charge < -0.3 is 19.8 Å². The van der Waals surface area contributed by atoms with Gasteiger partial charge in [-0.25, -0.2) is 19.3 Å². The monoisotopic (exact) mass is 451 g/mol. The van der Waals surface area contributed by atoms with Crippen LogP contribution in [0.15, 0.2) is 36.5 Å². The Morgan fingerprint density at radius 3 is 2.45 bits per heavy atom. The summed E-state index contributed by atoms with van der Waals surface area (Å²) in [5.41, 5.74) is 2.84. The van der Waals surface area contributed by atoms with E-state index in [1.54, 1.807) is 18.3 Å². The van der Waals surface area contributed by atoms with Gasteiger partial charge in [0.2, 0.25) is 12.2 Å². The van der Waals surface area contributed by atoms with E-state index in [1.807, 2.05) is 6.07 Å². The predicted molar refractivity (Wildman–Crippen MR) is 124 cm³/mol. The van der Waals surface area contributed by atoms with Gasteiger partial charge in [0.15, 0.2) is 5.82 Å². The van der Waals surface area contributed by atoms with Crippen LogP contribution in [0, 0.1) is 11.2 Å². The fraction of sp³-hybridized carbons (Fsp3) is 0.480. The van der Waals surface area contributed by atoms with Crippen molar-refractivity contribution in [2.24, 2.45) is 5.41 Å². The van der Waals surface area contributed by atoms with Crippen LogP contribution in [-0.2, 0) is 9.47 Å². The summed E-state index contributed by atoms with van der Waals surface area (Å²) < 4.78 is 25.5. The Kier molecular flexibility index (Phi) is 6.12. The number of aromatic amines is 1. The first-order valence-electron chi connectivity index (χ1n) is 11.7. The Morgan fingerprint density at radius 2 is 1.73 bits per heavy atom. The molecule has 2 aromatic heterocycles. The highest BCUT2D eigenvalue weighted by atomic mass is 19.1. The van der Waals surface area contributed by atoms with Crippen LogP contribution in [0.25, 0.3) is 22.6 Å². The average molecular weight is 452 g/mol. The summed E-state index contributed by atoms with van der Waals surface area (Å²) in [5.74, 6) is 0.881. The van der Waals surface area contributed by atoms with E-state index in [4.69, 9.17) is 19.4 Å². The van der Waals surface area contributed by atoms with Gasteiger partial charge in [0.25, 0.3) is 0 Å². The van der Waals surface area contributed by atoms with E-state index >= 15 is 0 Å². The van der Waals surface area contributed by atoms with Crippen molar-refractivity contribution >= 4 is 5.95 Å². The lowest BCUT2D eigenvalue weighted by Gasteiger charge is -2.33. The molecule has 5 rings (SSSR count). The predicted octanol–water partition coefficient (Wildman–Crippen LogP) is 5.49. The molecule has 1 saturated heterocycles. The van der Waals surface area contributed by atoms with Gasteiger partial charge in [-0.05, 0) is 43.2 Å². The van der Waals surface area contributed by atoms with Gasteiger partial charge in [-0.15, -0.1) is 0 Å². The first-order valence-corrected chi connectivity index (χ1v) is 11.7. The van der Waals surface area contributed by atoms with E-state index in [0.29, 0.717) is 42.4 Å². The Labute approximate surface area is 193 Å². The molecule has 3 heterocycles. The zero-order chi connectivity index (χ0) is 22.8. The molecule has 2 N–H and O–H groups in total. The quantitative estimate of drug-likeness (QED) is 0.534. The normalized spacial score (nSPS) is 19.5. The van der Waals surface area contributed by atoms with E-state index in [2.05, 4.69) is 29.1 Å². The first-order chi connectivity index (χ1) is 16.0. The molecule has 2 aliphatic rings. The number of rotatable bonds is 5. The lowest BCUT2D eigenvalue weighted by atomic mass is 9.96. The van der Waals surface area contributed by atoms with Crippen molar-refractivity contribution in [1.29, 1.82) is 0 Å². The fourth-order valence-electron chi connectivity index (χ4n) is 4.35. The molecular formula is C25H30FN5O2. The van der Waals surface area contributed by atoms with Gasteiger partial charge >= 0.3 is 0 Å². The molecule has 0 bridgehead atoms. The summed E-state index contributed by atoms with van der Waals surface area (Å²) >= 11 is 0. The maximum atomic E-state index is 13.6. The molecule has 2 fully saturated rings. The molecule has 0 radical (unpaired) electrons. The van der Waals surface area contributed by atoms with Crippen LogP contribution < -0.4 is 5.32 Å². The van der Waals surface area contributed by atoms with Crippen molar-refractivity contribution in [3.63, 3.8) is 0 Å². The van der Waals surface area contributed by atoms with E-state index < -0.39 is 6.29 Å². The van der Waals surface area contributed by atoms with E-state index in [1.165, 1.54) is 31.4 Å². The van der Waals surface area contributed by atoms with Crippen LogP contribution in [0.2, 0.25) is 0 Å². The summed E-state index contributed by atoms with van der Waals surface area (Å²) in [7, 11) is 0. The Hall–Kier alpha value is -2.84. The molecule has 7 nitrogen and oxygen atoms in total. The molecule has 1 aliphatic carbocycles. The fourth-order valence-corrected chi connectivity index (χ4v) is 4.35. The number of ether oxygens (including phenoxy) is 2. The third-order valence-electron chi connectivity index (χ3n) is 6.16. The number of H-pyrrole nitrogens is 1. The Balaban J connectivity index is 1.48. The second-order valence-corrected chi connectivity index (χ2v) is 9.72. The largest absolute Gasteiger partial charge is 0.351 e. The molecule has 0 atom stereocenters. The number of benzene rings is 1. The minimum atomic E-state index is -0.590. The average Bonchev–Trinajstić information content (AvgIpc) is 3.26. The highest BCUT2D eigenvalue weighted by molar-refractivity contribution is 5.77. The summed E-state index contributed by atoms with van der Waals surface area (Å²) in [6, 6.07) is 8.54. The van der Waals surface area contributed by atoms with Gasteiger partial charge in [-0.3, -0.25) is 0 Å². The summed E-state index contributed by atoms with van der Waals surface area (Å²) in [6.07, 6.45) is 7.18. The van der Waals surface area contributed by atoms with E-state index in [0.717, 1.165) is 24.1 Å². The van der Waals surface area contributed by atoms with Crippen molar-refractivity contribution in [1.82, 2.24) is 19.9 Å². The molecule has 33 heavy (non-hydrogen) atoms. The molecule has 3 aromatic rings. The van der Waals surface area contributed by atoms with E-state index in [-0.39, 0.29) is 11.2 Å². The molecule has 0 unspecified atom stereocenters. The van der Waals surface area contributed by atoms with Gasteiger partial charge in [-0.2, -0.15) is 0 Å². The Bertz CT molecular complexity index is 1080. The molecule has 1 aromatic carbocycles. The minimum Gasteiger partial charge on any atom is -0.351 e. The zero-order valence-electron chi connectivity index (χ0n) is 19.1.